The molecule has 0 radical (unpaired) electrons. The third-order valence-electron chi connectivity index (χ3n) is 2.61. The van der Waals surface area contributed by atoms with Crippen molar-refractivity contribution in [3.63, 3.8) is 0 Å². The van der Waals surface area contributed by atoms with E-state index >= 15 is 0 Å². The maximum atomic E-state index is 12.5. The molecule has 6 nitrogen and oxygen atoms in total. The normalized spacial score (nSPS) is 11.4. The predicted molar refractivity (Wildman–Crippen MR) is 76.0 cm³/mol. The van der Waals surface area contributed by atoms with Crippen LogP contribution in [0.15, 0.2) is 46.2 Å². The Hall–Kier alpha value is -2.41. The van der Waals surface area contributed by atoms with E-state index in [0.29, 0.717) is 0 Å². The molecule has 0 fully saturated rings. The Labute approximate surface area is 110 Å². The second kappa shape index (κ2) is 4.36. The van der Waals surface area contributed by atoms with E-state index in [4.69, 9.17) is 22.9 Å². The van der Waals surface area contributed by atoms with E-state index in [1.165, 1.54) is 30.3 Å². The standard InChI is InChI=1S/C12H14N4O2S/c13-7-4-8(14)6-9(5-7)19(17,18)12-10(15)2-1-3-11(12)16/h1-6H,13-16H2. The smallest absolute Gasteiger partial charge is 0.210 e. The minimum absolute atomic E-state index is 0.0328. The van der Waals surface area contributed by atoms with Crippen LogP contribution in [-0.4, -0.2) is 8.42 Å². The Morgan fingerprint density at radius 1 is 0.789 bits per heavy atom. The zero-order valence-electron chi connectivity index (χ0n) is 10.00. The fraction of sp³-hybridized carbons (Fsp3) is 0. The number of rotatable bonds is 2. The first-order valence-corrected chi connectivity index (χ1v) is 6.86. The van der Waals surface area contributed by atoms with Gasteiger partial charge in [0.15, 0.2) is 0 Å². The quantitative estimate of drug-likeness (QED) is 0.601. The Morgan fingerprint density at radius 2 is 1.26 bits per heavy atom. The van der Waals surface area contributed by atoms with Gasteiger partial charge in [-0.05, 0) is 30.3 Å². The highest BCUT2D eigenvalue weighted by Gasteiger charge is 2.23. The van der Waals surface area contributed by atoms with Gasteiger partial charge in [0.1, 0.15) is 4.90 Å². The van der Waals surface area contributed by atoms with Gasteiger partial charge >= 0.3 is 0 Å². The minimum Gasteiger partial charge on any atom is -0.399 e. The van der Waals surface area contributed by atoms with Gasteiger partial charge in [-0.2, -0.15) is 0 Å². The molecule has 0 atom stereocenters. The van der Waals surface area contributed by atoms with Crippen molar-refractivity contribution in [1.82, 2.24) is 0 Å². The molecule has 2 aromatic carbocycles. The van der Waals surface area contributed by atoms with Crippen molar-refractivity contribution in [2.75, 3.05) is 22.9 Å². The number of hydrogen-bond donors (Lipinski definition) is 4. The Bertz CT molecular complexity index is 701. The van der Waals surface area contributed by atoms with Gasteiger partial charge in [-0.3, -0.25) is 0 Å². The summed E-state index contributed by atoms with van der Waals surface area (Å²) < 4.78 is 25.0. The van der Waals surface area contributed by atoms with Crippen LogP contribution in [-0.2, 0) is 9.84 Å². The molecule has 0 amide bonds. The number of sulfone groups is 1. The molecule has 0 aliphatic rings. The van der Waals surface area contributed by atoms with E-state index in [0.717, 1.165) is 0 Å². The molecule has 0 heterocycles. The van der Waals surface area contributed by atoms with Crippen LogP contribution in [0.4, 0.5) is 22.7 Å². The Balaban J connectivity index is 2.73. The first-order chi connectivity index (χ1) is 8.82. The van der Waals surface area contributed by atoms with Gasteiger partial charge in [0, 0.05) is 11.4 Å². The minimum atomic E-state index is -3.86. The molecule has 19 heavy (non-hydrogen) atoms. The van der Waals surface area contributed by atoms with Crippen LogP contribution >= 0.6 is 0 Å². The van der Waals surface area contributed by atoms with E-state index in [2.05, 4.69) is 0 Å². The average Bonchev–Trinajstić information content (AvgIpc) is 2.26. The molecule has 0 bridgehead atoms. The molecule has 0 aliphatic carbocycles. The van der Waals surface area contributed by atoms with Crippen molar-refractivity contribution in [2.45, 2.75) is 9.79 Å². The molecular formula is C12H14N4O2S. The summed E-state index contributed by atoms with van der Waals surface area (Å²) in [4.78, 5) is -0.158. The highest BCUT2D eigenvalue weighted by Crippen LogP contribution is 2.32. The zero-order valence-corrected chi connectivity index (χ0v) is 10.8. The lowest BCUT2D eigenvalue weighted by molar-refractivity contribution is 0.597. The summed E-state index contributed by atoms with van der Waals surface area (Å²) in [7, 11) is -3.86. The van der Waals surface area contributed by atoms with Crippen molar-refractivity contribution < 1.29 is 8.42 Å². The molecule has 2 rings (SSSR count). The average molecular weight is 278 g/mol. The Kier molecular flexibility index (Phi) is 2.99. The summed E-state index contributed by atoms with van der Waals surface area (Å²) in [6, 6.07) is 8.63. The molecular weight excluding hydrogens is 264 g/mol. The SMILES string of the molecule is Nc1cc(N)cc(S(=O)(=O)c2c(N)cccc2N)c1. The number of benzene rings is 2. The van der Waals surface area contributed by atoms with E-state index < -0.39 is 9.84 Å². The van der Waals surface area contributed by atoms with Gasteiger partial charge in [0.2, 0.25) is 9.84 Å². The molecule has 100 valence electrons. The third-order valence-corrected chi connectivity index (χ3v) is 4.47. The second-order valence-electron chi connectivity index (χ2n) is 4.10. The maximum Gasteiger partial charge on any atom is 0.210 e. The largest absolute Gasteiger partial charge is 0.399 e. The second-order valence-corrected chi connectivity index (χ2v) is 5.99. The van der Waals surface area contributed by atoms with Gasteiger partial charge in [-0.1, -0.05) is 6.07 Å². The molecule has 0 aromatic heterocycles. The first-order valence-electron chi connectivity index (χ1n) is 5.37. The summed E-state index contributed by atoms with van der Waals surface area (Å²) >= 11 is 0. The van der Waals surface area contributed by atoms with Crippen molar-refractivity contribution in [2.24, 2.45) is 0 Å². The molecule has 0 unspecified atom stereocenters. The van der Waals surface area contributed by atoms with Crippen LogP contribution in [0.2, 0.25) is 0 Å². The summed E-state index contributed by atoms with van der Waals surface area (Å²) in [6.45, 7) is 0. The molecule has 0 saturated carbocycles. The number of nitrogens with two attached hydrogens (primary N) is 4. The molecule has 0 spiro atoms. The van der Waals surface area contributed by atoms with E-state index in [9.17, 15) is 8.42 Å². The first kappa shape index (κ1) is 13.0. The van der Waals surface area contributed by atoms with Crippen LogP contribution in [0.3, 0.4) is 0 Å². The van der Waals surface area contributed by atoms with Gasteiger partial charge < -0.3 is 22.9 Å². The summed E-state index contributed by atoms with van der Waals surface area (Å²) in [5, 5.41) is 0. The molecule has 8 N–H and O–H groups in total. The summed E-state index contributed by atoms with van der Waals surface area (Å²) in [6.07, 6.45) is 0. The van der Waals surface area contributed by atoms with Crippen LogP contribution in [0.1, 0.15) is 0 Å². The lowest BCUT2D eigenvalue weighted by Gasteiger charge is -2.11. The molecule has 0 aliphatic heterocycles. The van der Waals surface area contributed by atoms with E-state index in [-0.39, 0.29) is 32.5 Å². The highest BCUT2D eigenvalue weighted by molar-refractivity contribution is 7.91. The van der Waals surface area contributed by atoms with Crippen molar-refractivity contribution in [3.8, 4) is 0 Å². The van der Waals surface area contributed by atoms with Gasteiger partial charge in [-0.25, -0.2) is 8.42 Å². The Morgan fingerprint density at radius 3 is 1.74 bits per heavy atom. The predicted octanol–water partition coefficient (Wildman–Crippen LogP) is 0.848. The van der Waals surface area contributed by atoms with Crippen molar-refractivity contribution in [1.29, 1.82) is 0 Å². The van der Waals surface area contributed by atoms with Gasteiger partial charge in [0.05, 0.1) is 16.3 Å². The molecule has 2 aromatic rings. The molecule has 7 heteroatoms. The number of nitrogen functional groups attached to an aromatic ring is 4. The topological polar surface area (TPSA) is 138 Å². The summed E-state index contributed by atoms with van der Waals surface area (Å²) in [5.74, 6) is 0. The van der Waals surface area contributed by atoms with E-state index in [1.807, 2.05) is 0 Å². The molecule has 0 saturated heterocycles. The maximum absolute atomic E-state index is 12.5. The van der Waals surface area contributed by atoms with Gasteiger partial charge in [-0.15, -0.1) is 0 Å². The fourth-order valence-corrected chi connectivity index (χ4v) is 3.38. The number of hydrogen-bond acceptors (Lipinski definition) is 6. The number of anilines is 4. The zero-order chi connectivity index (χ0) is 14.2. The monoisotopic (exact) mass is 278 g/mol. The van der Waals surface area contributed by atoms with Gasteiger partial charge in [0.25, 0.3) is 0 Å². The third kappa shape index (κ3) is 2.27. The van der Waals surface area contributed by atoms with Crippen LogP contribution in [0, 0.1) is 0 Å². The lowest BCUT2D eigenvalue weighted by Crippen LogP contribution is -2.09. The lowest BCUT2D eigenvalue weighted by atomic mass is 10.3. The van der Waals surface area contributed by atoms with Crippen LogP contribution in [0.5, 0.6) is 0 Å². The van der Waals surface area contributed by atoms with Crippen molar-refractivity contribution in [3.05, 3.63) is 36.4 Å². The van der Waals surface area contributed by atoms with Crippen LogP contribution < -0.4 is 22.9 Å². The van der Waals surface area contributed by atoms with Crippen molar-refractivity contribution >= 4 is 32.6 Å². The van der Waals surface area contributed by atoms with Crippen LogP contribution in [0.25, 0.3) is 0 Å². The summed E-state index contributed by atoms with van der Waals surface area (Å²) in [5.41, 5.74) is 23.3. The fourth-order valence-electron chi connectivity index (χ4n) is 1.80. The highest BCUT2D eigenvalue weighted by atomic mass is 32.2. The van der Waals surface area contributed by atoms with E-state index in [1.54, 1.807) is 6.07 Å².